The van der Waals surface area contributed by atoms with E-state index in [0.29, 0.717) is 31.7 Å². The lowest BCUT2D eigenvalue weighted by molar-refractivity contribution is -0.143. The van der Waals surface area contributed by atoms with Gasteiger partial charge in [-0.05, 0) is 19.8 Å². The van der Waals surface area contributed by atoms with Crippen LogP contribution in [0.4, 0.5) is 5.13 Å². The van der Waals surface area contributed by atoms with Gasteiger partial charge in [-0.2, -0.15) is 0 Å². The van der Waals surface area contributed by atoms with Gasteiger partial charge in [0, 0.05) is 19.5 Å². The predicted octanol–water partition coefficient (Wildman–Crippen LogP) is 2.30. The minimum atomic E-state index is -0.229. The van der Waals surface area contributed by atoms with Gasteiger partial charge in [0.25, 0.3) is 0 Å². The van der Waals surface area contributed by atoms with Crippen LogP contribution < -0.4 is 10.6 Å². The number of hydrogen-bond donors (Lipinski definition) is 2. The van der Waals surface area contributed by atoms with E-state index >= 15 is 0 Å². The molecule has 1 aromatic rings. The van der Waals surface area contributed by atoms with E-state index < -0.39 is 0 Å². The fourth-order valence-corrected chi connectivity index (χ4v) is 3.19. The van der Waals surface area contributed by atoms with Crippen molar-refractivity contribution < 1.29 is 14.3 Å². The van der Waals surface area contributed by atoms with Gasteiger partial charge < -0.3 is 15.4 Å². The van der Waals surface area contributed by atoms with Crippen LogP contribution >= 0.6 is 23.1 Å². The summed E-state index contributed by atoms with van der Waals surface area (Å²) >= 11 is 2.81. The second-order valence-electron chi connectivity index (χ2n) is 4.70. The summed E-state index contributed by atoms with van der Waals surface area (Å²) in [5.41, 5.74) is 0. The number of aromatic nitrogens is 2. The zero-order valence-electron chi connectivity index (χ0n) is 13.6. The summed E-state index contributed by atoms with van der Waals surface area (Å²) in [5, 5.41) is 14.8. The Hall–Kier alpha value is -1.35. The van der Waals surface area contributed by atoms with Gasteiger partial charge in [-0.15, -0.1) is 10.2 Å². The Labute approximate surface area is 145 Å². The zero-order valence-corrected chi connectivity index (χ0v) is 15.2. The van der Waals surface area contributed by atoms with Crippen LogP contribution in [0.2, 0.25) is 0 Å². The van der Waals surface area contributed by atoms with E-state index in [1.165, 1.54) is 23.1 Å². The summed E-state index contributed by atoms with van der Waals surface area (Å²) in [6.07, 6.45) is 3.13. The van der Waals surface area contributed by atoms with Gasteiger partial charge in [0.2, 0.25) is 11.0 Å². The Kier molecular flexibility index (Phi) is 10.4. The molecule has 1 aromatic heterocycles. The van der Waals surface area contributed by atoms with Crippen LogP contribution in [-0.2, 0) is 14.3 Å². The Bertz CT molecular complexity index is 482. The van der Waals surface area contributed by atoms with Gasteiger partial charge in [-0.1, -0.05) is 36.4 Å². The van der Waals surface area contributed by atoms with Crippen molar-refractivity contribution in [3.63, 3.8) is 0 Å². The third-order valence-corrected chi connectivity index (χ3v) is 4.74. The molecule has 130 valence electrons. The molecule has 23 heavy (non-hydrogen) atoms. The maximum Gasteiger partial charge on any atom is 0.305 e. The quantitative estimate of drug-likeness (QED) is 0.335. The van der Waals surface area contributed by atoms with Gasteiger partial charge in [-0.3, -0.25) is 9.59 Å². The van der Waals surface area contributed by atoms with Crippen LogP contribution in [0.15, 0.2) is 4.34 Å². The molecule has 0 saturated heterocycles. The van der Waals surface area contributed by atoms with Gasteiger partial charge in [-0.25, -0.2) is 0 Å². The number of thioether (sulfide) groups is 1. The lowest BCUT2D eigenvalue weighted by Gasteiger charge is -2.04. The molecule has 0 aliphatic heterocycles. The number of anilines is 1. The van der Waals surface area contributed by atoms with Crippen molar-refractivity contribution >= 4 is 40.1 Å². The maximum atomic E-state index is 11.7. The van der Waals surface area contributed by atoms with E-state index in [1.54, 1.807) is 6.92 Å². The maximum absolute atomic E-state index is 11.7. The van der Waals surface area contributed by atoms with Crippen LogP contribution in [0.25, 0.3) is 0 Å². The molecule has 0 aromatic carbocycles. The molecule has 9 heteroatoms. The second kappa shape index (κ2) is 12.1. The van der Waals surface area contributed by atoms with E-state index in [9.17, 15) is 9.59 Å². The molecule has 1 heterocycles. The first kappa shape index (κ1) is 19.7. The summed E-state index contributed by atoms with van der Waals surface area (Å²) in [7, 11) is 0. The number of esters is 1. The zero-order chi connectivity index (χ0) is 16.9. The molecule has 0 fully saturated rings. The number of unbranched alkanes of at least 4 members (excludes halogenated alkanes) is 1. The predicted molar refractivity (Wildman–Crippen MR) is 92.9 cm³/mol. The summed E-state index contributed by atoms with van der Waals surface area (Å²) < 4.78 is 5.59. The number of carbonyl (C=O) groups is 2. The highest BCUT2D eigenvalue weighted by Gasteiger charge is 2.08. The highest BCUT2D eigenvalue weighted by molar-refractivity contribution is 8.01. The van der Waals surface area contributed by atoms with Crippen molar-refractivity contribution in [1.82, 2.24) is 15.5 Å². The molecule has 0 radical (unpaired) electrons. The van der Waals surface area contributed by atoms with Gasteiger partial charge >= 0.3 is 5.97 Å². The number of ether oxygens (including phenoxy) is 1. The lowest BCUT2D eigenvalue weighted by Crippen LogP contribution is -2.26. The molecule has 0 unspecified atom stereocenters. The van der Waals surface area contributed by atoms with Crippen molar-refractivity contribution in [2.24, 2.45) is 0 Å². The number of amides is 1. The van der Waals surface area contributed by atoms with Crippen molar-refractivity contribution in [2.45, 2.75) is 43.9 Å². The lowest BCUT2D eigenvalue weighted by atomic mass is 10.3. The number of rotatable bonds is 12. The normalized spacial score (nSPS) is 10.3. The third-order valence-electron chi connectivity index (χ3n) is 2.72. The molecule has 7 nitrogen and oxygen atoms in total. The van der Waals surface area contributed by atoms with E-state index in [-0.39, 0.29) is 11.9 Å². The first-order chi connectivity index (χ1) is 11.2. The highest BCUT2D eigenvalue weighted by Crippen LogP contribution is 2.25. The standard InChI is InChI=1S/C14H24N4O3S2/c1-3-5-8-16-13-17-18-14(23-13)22-10-11(19)15-9-6-7-12(20)21-4-2/h3-10H2,1-2H3,(H,15,19)(H,16,17). The molecular formula is C14H24N4O3S2. The topological polar surface area (TPSA) is 93.2 Å². The Morgan fingerprint density at radius 1 is 1.22 bits per heavy atom. The average molecular weight is 361 g/mol. The Balaban J connectivity index is 2.12. The SMILES string of the molecule is CCCCNc1nnc(SCC(=O)NCCCC(=O)OCC)s1. The van der Waals surface area contributed by atoms with Crippen LogP contribution in [0, 0.1) is 0 Å². The first-order valence-electron chi connectivity index (χ1n) is 7.78. The molecule has 0 atom stereocenters. The van der Waals surface area contributed by atoms with Crippen molar-refractivity contribution in [3.8, 4) is 0 Å². The summed E-state index contributed by atoms with van der Waals surface area (Å²) in [6.45, 7) is 5.65. The molecule has 2 N–H and O–H groups in total. The molecule has 1 rings (SSSR count). The van der Waals surface area contributed by atoms with Crippen LogP contribution in [0.5, 0.6) is 0 Å². The molecule has 0 spiro atoms. The minimum absolute atomic E-state index is 0.0745. The van der Waals surface area contributed by atoms with Crippen LogP contribution in [0.3, 0.4) is 0 Å². The molecule has 0 aliphatic rings. The van der Waals surface area contributed by atoms with Crippen molar-refractivity contribution in [2.75, 3.05) is 30.8 Å². The van der Waals surface area contributed by atoms with Crippen molar-refractivity contribution in [1.29, 1.82) is 0 Å². The van der Waals surface area contributed by atoms with Gasteiger partial charge in [0.15, 0.2) is 4.34 Å². The highest BCUT2D eigenvalue weighted by atomic mass is 32.2. The third kappa shape index (κ3) is 9.39. The van der Waals surface area contributed by atoms with E-state index in [2.05, 4.69) is 27.8 Å². The van der Waals surface area contributed by atoms with Crippen LogP contribution in [0.1, 0.15) is 39.5 Å². The second-order valence-corrected chi connectivity index (χ2v) is 6.90. The molecule has 1 amide bonds. The molecule has 0 aliphatic carbocycles. The van der Waals surface area contributed by atoms with E-state index in [1.807, 2.05) is 0 Å². The van der Waals surface area contributed by atoms with Gasteiger partial charge in [0.1, 0.15) is 0 Å². The molecular weight excluding hydrogens is 336 g/mol. The fourth-order valence-electron chi connectivity index (χ4n) is 1.58. The Morgan fingerprint density at radius 2 is 2.04 bits per heavy atom. The summed E-state index contributed by atoms with van der Waals surface area (Å²) in [6, 6.07) is 0. The smallest absolute Gasteiger partial charge is 0.305 e. The van der Waals surface area contributed by atoms with Crippen LogP contribution in [-0.4, -0.2) is 47.5 Å². The number of hydrogen-bond acceptors (Lipinski definition) is 8. The van der Waals surface area contributed by atoms with E-state index in [4.69, 9.17) is 4.74 Å². The largest absolute Gasteiger partial charge is 0.466 e. The van der Waals surface area contributed by atoms with Crippen molar-refractivity contribution in [3.05, 3.63) is 0 Å². The van der Waals surface area contributed by atoms with Gasteiger partial charge in [0.05, 0.1) is 12.4 Å². The summed E-state index contributed by atoms with van der Waals surface area (Å²) in [4.78, 5) is 22.8. The minimum Gasteiger partial charge on any atom is -0.466 e. The number of carbonyl (C=O) groups excluding carboxylic acids is 2. The summed E-state index contributed by atoms with van der Waals surface area (Å²) in [5.74, 6) is -0.00847. The molecule has 0 bridgehead atoms. The Morgan fingerprint density at radius 3 is 2.78 bits per heavy atom. The average Bonchev–Trinajstić information content (AvgIpc) is 2.98. The fraction of sp³-hybridized carbons (Fsp3) is 0.714. The molecule has 0 saturated carbocycles. The monoisotopic (exact) mass is 360 g/mol. The number of nitrogens with one attached hydrogen (secondary N) is 2. The number of nitrogens with zero attached hydrogens (tertiary/aromatic N) is 2. The first-order valence-corrected chi connectivity index (χ1v) is 9.58. The van der Waals surface area contributed by atoms with E-state index in [0.717, 1.165) is 28.9 Å².